The molecule has 0 unspecified atom stereocenters. The number of hydrogen-bond acceptors (Lipinski definition) is 3. The average molecular weight is 332 g/mol. The Hall–Kier alpha value is -3.07. The maximum absolute atomic E-state index is 12.0. The van der Waals surface area contributed by atoms with E-state index in [0.29, 0.717) is 0 Å². The predicted octanol–water partition coefficient (Wildman–Crippen LogP) is 5.38. The molecule has 0 radical (unpaired) electrons. The van der Waals surface area contributed by atoms with Crippen LogP contribution in [0.5, 0.6) is 0 Å². The number of aryl methyl sites for hydroxylation is 1. The molecule has 0 bridgehead atoms. The van der Waals surface area contributed by atoms with Gasteiger partial charge in [0, 0.05) is 11.1 Å². The first kappa shape index (κ1) is 16.8. The monoisotopic (exact) mass is 332 g/mol. The Morgan fingerprint density at radius 3 is 2.40 bits per heavy atom. The molecule has 0 N–H and O–H groups in total. The fraction of sp³-hybridized carbons (Fsp3) is 0.136. The van der Waals surface area contributed by atoms with Crippen molar-refractivity contribution in [3.05, 3.63) is 89.9 Å². The van der Waals surface area contributed by atoms with Gasteiger partial charge in [0.1, 0.15) is 0 Å². The van der Waals surface area contributed by atoms with E-state index in [4.69, 9.17) is 9.15 Å². The zero-order valence-electron chi connectivity index (χ0n) is 14.1. The van der Waals surface area contributed by atoms with Crippen molar-refractivity contribution in [1.29, 1.82) is 0 Å². The lowest BCUT2D eigenvalue weighted by atomic mass is 10.0. The van der Waals surface area contributed by atoms with Crippen molar-refractivity contribution in [2.24, 2.45) is 0 Å². The maximum Gasteiger partial charge on any atom is 0.374 e. The van der Waals surface area contributed by atoms with E-state index < -0.39 is 5.97 Å². The van der Waals surface area contributed by atoms with Crippen LogP contribution in [-0.4, -0.2) is 13.1 Å². The van der Waals surface area contributed by atoms with Gasteiger partial charge >= 0.3 is 5.97 Å². The molecule has 0 saturated carbocycles. The van der Waals surface area contributed by atoms with Crippen LogP contribution >= 0.6 is 0 Å². The second-order valence-corrected chi connectivity index (χ2v) is 5.68. The molecule has 1 aromatic heterocycles. The number of esters is 1. The molecule has 0 fully saturated rings. The summed E-state index contributed by atoms with van der Waals surface area (Å²) in [5.74, 6) is -0.237. The molecule has 0 atom stereocenters. The Labute approximate surface area is 147 Å². The molecule has 0 amide bonds. The molecule has 0 saturated heterocycles. The second kappa shape index (κ2) is 8.15. The zero-order chi connectivity index (χ0) is 17.5. The number of ether oxygens (including phenoxy) is 1. The minimum Gasteiger partial charge on any atom is -0.463 e. The van der Waals surface area contributed by atoms with Gasteiger partial charge in [-0.1, -0.05) is 72.8 Å². The van der Waals surface area contributed by atoms with Gasteiger partial charge in [-0.2, -0.15) is 0 Å². The maximum atomic E-state index is 12.0. The van der Waals surface area contributed by atoms with Crippen LogP contribution < -0.4 is 0 Å². The summed E-state index contributed by atoms with van der Waals surface area (Å²) in [7, 11) is 1.36. The quantitative estimate of drug-likeness (QED) is 0.569. The van der Waals surface area contributed by atoms with Crippen molar-refractivity contribution in [3.63, 3.8) is 0 Å². The molecule has 3 nitrogen and oxygen atoms in total. The molecule has 25 heavy (non-hydrogen) atoms. The van der Waals surface area contributed by atoms with Crippen LogP contribution in [0.1, 0.15) is 28.1 Å². The van der Waals surface area contributed by atoms with E-state index >= 15 is 0 Å². The molecule has 0 aliphatic heterocycles. The van der Waals surface area contributed by atoms with Crippen LogP contribution in [0.4, 0.5) is 0 Å². The number of methoxy groups -OCH3 is 1. The van der Waals surface area contributed by atoms with Crippen LogP contribution in [-0.2, 0) is 11.2 Å². The normalized spacial score (nSPS) is 10.9. The molecule has 1 heterocycles. The van der Waals surface area contributed by atoms with Gasteiger partial charge < -0.3 is 9.15 Å². The van der Waals surface area contributed by atoms with Crippen LogP contribution in [0.2, 0.25) is 0 Å². The summed E-state index contributed by atoms with van der Waals surface area (Å²) in [6, 6.07) is 20.1. The van der Waals surface area contributed by atoms with Gasteiger partial charge in [0.15, 0.2) is 0 Å². The summed E-state index contributed by atoms with van der Waals surface area (Å²) in [5, 5.41) is 0. The van der Waals surface area contributed by atoms with Gasteiger partial charge in [0.25, 0.3) is 0 Å². The number of rotatable bonds is 6. The summed E-state index contributed by atoms with van der Waals surface area (Å²) < 4.78 is 10.3. The SMILES string of the molecule is COC(=O)c1occ(C=CCCc2ccccc2)c1-c1ccccc1. The largest absolute Gasteiger partial charge is 0.463 e. The third kappa shape index (κ3) is 4.07. The highest BCUT2D eigenvalue weighted by Gasteiger charge is 2.20. The zero-order valence-corrected chi connectivity index (χ0v) is 14.1. The minimum absolute atomic E-state index is 0.233. The molecular weight excluding hydrogens is 312 g/mol. The van der Waals surface area contributed by atoms with E-state index in [2.05, 4.69) is 18.2 Å². The fourth-order valence-electron chi connectivity index (χ4n) is 2.74. The Morgan fingerprint density at radius 2 is 1.72 bits per heavy atom. The van der Waals surface area contributed by atoms with E-state index in [-0.39, 0.29) is 5.76 Å². The molecule has 3 aromatic rings. The lowest BCUT2D eigenvalue weighted by molar-refractivity contribution is 0.0566. The molecular formula is C22H20O3. The summed E-state index contributed by atoms with van der Waals surface area (Å²) in [5.41, 5.74) is 3.88. The van der Waals surface area contributed by atoms with Gasteiger partial charge in [0.2, 0.25) is 5.76 Å². The van der Waals surface area contributed by atoms with Gasteiger partial charge in [-0.25, -0.2) is 4.79 Å². The Bertz CT molecular complexity index is 845. The Morgan fingerprint density at radius 1 is 1.04 bits per heavy atom. The third-order valence-corrected chi connectivity index (χ3v) is 3.99. The van der Waals surface area contributed by atoms with Gasteiger partial charge in [0.05, 0.1) is 13.4 Å². The summed E-state index contributed by atoms with van der Waals surface area (Å²) >= 11 is 0. The highest BCUT2D eigenvalue weighted by Crippen LogP contribution is 2.31. The molecule has 0 aliphatic carbocycles. The van der Waals surface area contributed by atoms with Gasteiger partial charge in [-0.05, 0) is 24.0 Å². The van der Waals surface area contributed by atoms with Crippen molar-refractivity contribution in [2.45, 2.75) is 12.8 Å². The van der Waals surface area contributed by atoms with Crippen LogP contribution in [0.25, 0.3) is 17.2 Å². The van der Waals surface area contributed by atoms with E-state index in [9.17, 15) is 4.79 Å². The minimum atomic E-state index is -0.470. The number of carbonyl (C=O) groups excluding carboxylic acids is 1. The summed E-state index contributed by atoms with van der Waals surface area (Å²) in [6.45, 7) is 0. The van der Waals surface area contributed by atoms with Crippen LogP contribution in [0.15, 0.2) is 77.4 Å². The van der Waals surface area contributed by atoms with Gasteiger partial charge in [-0.15, -0.1) is 0 Å². The number of carbonyl (C=O) groups is 1. The first-order chi connectivity index (χ1) is 12.3. The number of benzene rings is 2. The molecule has 0 spiro atoms. The fourth-order valence-corrected chi connectivity index (χ4v) is 2.74. The predicted molar refractivity (Wildman–Crippen MR) is 99.3 cm³/mol. The lowest BCUT2D eigenvalue weighted by Crippen LogP contribution is -2.01. The van der Waals surface area contributed by atoms with Crippen LogP contribution in [0, 0.1) is 0 Å². The highest BCUT2D eigenvalue weighted by atomic mass is 16.5. The van der Waals surface area contributed by atoms with E-state index in [1.54, 1.807) is 6.26 Å². The van der Waals surface area contributed by atoms with E-state index in [1.165, 1.54) is 12.7 Å². The van der Waals surface area contributed by atoms with E-state index in [0.717, 1.165) is 29.5 Å². The first-order valence-corrected chi connectivity index (χ1v) is 8.25. The summed E-state index contributed by atoms with van der Waals surface area (Å²) in [6.07, 6.45) is 7.59. The van der Waals surface area contributed by atoms with Crippen molar-refractivity contribution >= 4 is 12.0 Å². The van der Waals surface area contributed by atoms with Crippen LogP contribution in [0.3, 0.4) is 0 Å². The van der Waals surface area contributed by atoms with Crippen molar-refractivity contribution < 1.29 is 13.9 Å². The first-order valence-electron chi connectivity index (χ1n) is 8.25. The van der Waals surface area contributed by atoms with Crippen molar-refractivity contribution in [1.82, 2.24) is 0 Å². The van der Waals surface area contributed by atoms with Gasteiger partial charge in [-0.3, -0.25) is 0 Å². The number of hydrogen-bond donors (Lipinski definition) is 0. The third-order valence-electron chi connectivity index (χ3n) is 3.99. The standard InChI is InChI=1S/C22H20O3/c1-24-22(23)21-20(18-13-6-3-7-14-18)19(16-25-21)15-9-8-12-17-10-4-2-5-11-17/h2-7,9-11,13-16H,8,12H2,1H3. The molecule has 126 valence electrons. The topological polar surface area (TPSA) is 39.4 Å². The molecule has 3 heteroatoms. The number of allylic oxidation sites excluding steroid dienone is 1. The smallest absolute Gasteiger partial charge is 0.374 e. The average Bonchev–Trinajstić information content (AvgIpc) is 3.10. The lowest BCUT2D eigenvalue weighted by Gasteiger charge is -2.03. The van der Waals surface area contributed by atoms with Crippen molar-refractivity contribution in [3.8, 4) is 11.1 Å². The Balaban J connectivity index is 1.82. The summed E-state index contributed by atoms with van der Waals surface area (Å²) in [4.78, 5) is 12.0. The molecule has 0 aliphatic rings. The highest BCUT2D eigenvalue weighted by molar-refractivity contribution is 5.97. The van der Waals surface area contributed by atoms with E-state index in [1.807, 2.05) is 54.6 Å². The Kier molecular flexibility index (Phi) is 5.47. The second-order valence-electron chi connectivity index (χ2n) is 5.68. The molecule has 3 rings (SSSR count). The van der Waals surface area contributed by atoms with Crippen molar-refractivity contribution in [2.75, 3.05) is 7.11 Å². The molecule has 2 aromatic carbocycles. The number of furan rings is 1.